The fourth-order valence-corrected chi connectivity index (χ4v) is 3.69. The molecule has 0 radical (unpaired) electrons. The van der Waals surface area contributed by atoms with E-state index in [1.165, 1.54) is 0 Å². The van der Waals surface area contributed by atoms with Crippen molar-refractivity contribution in [1.82, 2.24) is 5.29 Å². The number of para-hydroxylation sites is 1. The Kier molecular flexibility index (Phi) is 6.02. The Balaban J connectivity index is 2.15. The maximum absolute atomic E-state index is 13.7. The van der Waals surface area contributed by atoms with Crippen molar-refractivity contribution in [3.05, 3.63) is 58.1 Å². The van der Waals surface area contributed by atoms with Gasteiger partial charge in [-0.1, -0.05) is 61.5 Å². The fourth-order valence-electron chi connectivity index (χ4n) is 3.51. The number of halogens is 2. The van der Waals surface area contributed by atoms with Crippen LogP contribution in [0.25, 0.3) is 0 Å². The van der Waals surface area contributed by atoms with Crippen molar-refractivity contribution < 1.29 is 14.1 Å². The first-order valence-corrected chi connectivity index (χ1v) is 9.64. The number of hydrogen-bond donors (Lipinski definition) is 1. The molecule has 1 aliphatic rings. The lowest BCUT2D eigenvalue weighted by molar-refractivity contribution is -0.199. The molecule has 4 nitrogen and oxygen atoms in total. The van der Waals surface area contributed by atoms with Crippen LogP contribution in [0.5, 0.6) is 5.75 Å². The van der Waals surface area contributed by atoms with E-state index in [-0.39, 0.29) is 24.3 Å². The van der Waals surface area contributed by atoms with Gasteiger partial charge in [-0.05, 0) is 29.7 Å². The minimum Gasteiger partial charge on any atom is -0.375 e. The number of rotatable bonds is 6. The average molecular weight is 391 g/mol. The van der Waals surface area contributed by atoms with Crippen molar-refractivity contribution in [2.24, 2.45) is 5.92 Å². The Morgan fingerprint density at radius 2 is 2.07 bits per heavy atom. The molecule has 1 aliphatic heterocycles. The summed E-state index contributed by atoms with van der Waals surface area (Å²) in [6, 6.07) is 11.2. The number of benzene rings is 2. The topological polar surface area (TPSA) is 41.6 Å². The van der Waals surface area contributed by atoms with Crippen LogP contribution in [0.4, 0.5) is 10.2 Å². The predicted molar refractivity (Wildman–Crippen MR) is 105 cm³/mol. The maximum Gasteiger partial charge on any atom is 0.224 e. The Morgan fingerprint density at radius 1 is 1.30 bits per heavy atom. The number of hydrogen-bond acceptors (Lipinski definition) is 3. The number of nitrogens with one attached hydrogen (secondary N) is 1. The summed E-state index contributed by atoms with van der Waals surface area (Å²) in [4.78, 5) is 17.4. The quantitative estimate of drug-likeness (QED) is 0.628. The van der Waals surface area contributed by atoms with Gasteiger partial charge in [0.05, 0.1) is 6.54 Å². The van der Waals surface area contributed by atoms with E-state index in [1.807, 2.05) is 37.3 Å². The van der Waals surface area contributed by atoms with Crippen molar-refractivity contribution in [3.8, 4) is 5.75 Å². The highest BCUT2D eigenvalue weighted by atomic mass is 35.5. The molecule has 0 fully saturated rings. The van der Waals surface area contributed by atoms with E-state index in [0.717, 1.165) is 28.8 Å². The molecule has 2 aromatic rings. The Morgan fingerprint density at radius 3 is 2.78 bits per heavy atom. The van der Waals surface area contributed by atoms with E-state index in [9.17, 15) is 9.28 Å². The van der Waals surface area contributed by atoms with Crippen molar-refractivity contribution in [2.75, 3.05) is 5.32 Å². The van der Waals surface area contributed by atoms with Gasteiger partial charge in [0.1, 0.15) is 0 Å². The molecule has 1 unspecified atom stereocenters. The van der Waals surface area contributed by atoms with Gasteiger partial charge in [0.15, 0.2) is 5.75 Å². The van der Waals surface area contributed by atoms with E-state index in [4.69, 9.17) is 16.4 Å². The number of carbonyl (C=O) groups excluding carboxylic acids is 1. The smallest absolute Gasteiger partial charge is 0.224 e. The molecule has 6 heteroatoms. The summed E-state index contributed by atoms with van der Waals surface area (Å²) in [5.41, 5.74) is 3.35. The van der Waals surface area contributed by atoms with E-state index in [0.29, 0.717) is 22.5 Å². The molecule has 2 atom stereocenters. The number of amides is 1. The summed E-state index contributed by atoms with van der Waals surface area (Å²) in [7, 11) is 0. The first-order valence-electron chi connectivity index (χ1n) is 9.26. The summed E-state index contributed by atoms with van der Waals surface area (Å²) >= 11 is 6.29. The van der Waals surface area contributed by atoms with E-state index in [1.54, 1.807) is 6.07 Å². The van der Waals surface area contributed by atoms with Crippen LogP contribution in [0, 0.1) is 5.92 Å². The lowest BCUT2D eigenvalue weighted by Crippen LogP contribution is -2.17. The summed E-state index contributed by atoms with van der Waals surface area (Å²) in [5.74, 6) is 0.621. The third-order valence-corrected chi connectivity index (χ3v) is 5.34. The van der Waals surface area contributed by atoms with Gasteiger partial charge in [-0.25, -0.2) is 0 Å². The molecule has 1 amide bonds. The van der Waals surface area contributed by atoms with Gasteiger partial charge in [-0.3, -0.25) is 4.79 Å². The average Bonchev–Trinajstić information content (AvgIpc) is 3.04. The van der Waals surface area contributed by atoms with Crippen LogP contribution in [0.15, 0.2) is 36.4 Å². The van der Waals surface area contributed by atoms with Crippen LogP contribution in [0.3, 0.4) is 0 Å². The van der Waals surface area contributed by atoms with E-state index >= 15 is 0 Å². The van der Waals surface area contributed by atoms with Gasteiger partial charge in [0.25, 0.3) is 0 Å². The standard InChI is InChI=1S/C21H24ClFN2O2/c1-4-13(3)20(16-8-6-7-14-12-25(23)27-21(14)16)17-11-15(22)9-10-18(17)24-19(26)5-2/h6-11,13,20H,4-5,12H2,1-3H3,(H,24,26)/t13?,20-/m1/s1. The van der Waals surface area contributed by atoms with Crippen LogP contribution < -0.4 is 10.2 Å². The lowest BCUT2D eigenvalue weighted by atomic mass is 9.78. The second-order valence-corrected chi connectivity index (χ2v) is 7.34. The Bertz CT molecular complexity index is 843. The zero-order valence-electron chi connectivity index (χ0n) is 15.8. The van der Waals surface area contributed by atoms with Crippen LogP contribution in [0.1, 0.15) is 56.2 Å². The molecule has 3 rings (SSSR count). The molecule has 0 saturated heterocycles. The molecule has 0 spiro atoms. The van der Waals surface area contributed by atoms with Gasteiger partial charge in [0, 0.05) is 39.5 Å². The number of nitrogens with zero attached hydrogens (tertiary/aromatic N) is 1. The molecule has 1 N–H and O–H groups in total. The second kappa shape index (κ2) is 8.28. The molecule has 144 valence electrons. The summed E-state index contributed by atoms with van der Waals surface area (Å²) in [6.45, 7) is 6.16. The third kappa shape index (κ3) is 4.09. The van der Waals surface area contributed by atoms with Crippen LogP contribution >= 0.6 is 11.6 Å². The third-order valence-electron chi connectivity index (χ3n) is 5.10. The number of carbonyl (C=O) groups is 1. The predicted octanol–water partition coefficient (Wildman–Crippen LogP) is 5.86. The molecule has 1 heterocycles. The normalized spacial score (nSPS) is 15.7. The Hall–Kier alpha value is -2.11. The first kappa shape index (κ1) is 19.6. The zero-order valence-corrected chi connectivity index (χ0v) is 16.5. The van der Waals surface area contributed by atoms with Gasteiger partial charge >= 0.3 is 0 Å². The van der Waals surface area contributed by atoms with Crippen LogP contribution in [0.2, 0.25) is 5.02 Å². The van der Waals surface area contributed by atoms with Gasteiger partial charge in [0.2, 0.25) is 5.91 Å². The molecule has 0 bridgehead atoms. The number of anilines is 1. The van der Waals surface area contributed by atoms with Crippen LogP contribution in [-0.2, 0) is 11.3 Å². The number of fused-ring (bicyclic) bond motifs is 1. The summed E-state index contributed by atoms with van der Waals surface area (Å²) in [6.07, 6.45) is 1.29. The first-order chi connectivity index (χ1) is 12.9. The van der Waals surface area contributed by atoms with Gasteiger partial charge in [-0.15, -0.1) is 0 Å². The fraction of sp³-hybridized carbons (Fsp3) is 0.381. The maximum atomic E-state index is 13.7. The molecule has 27 heavy (non-hydrogen) atoms. The molecular formula is C21H24ClFN2O2. The van der Waals surface area contributed by atoms with E-state index in [2.05, 4.69) is 19.2 Å². The summed E-state index contributed by atoms with van der Waals surface area (Å²) < 4.78 is 13.7. The highest BCUT2D eigenvalue weighted by molar-refractivity contribution is 6.30. The molecule has 0 aliphatic carbocycles. The zero-order chi connectivity index (χ0) is 19.6. The van der Waals surface area contributed by atoms with E-state index < -0.39 is 0 Å². The number of hydroxylamine groups is 1. The monoisotopic (exact) mass is 390 g/mol. The van der Waals surface area contributed by atoms with Crippen LogP contribution in [-0.4, -0.2) is 11.2 Å². The second-order valence-electron chi connectivity index (χ2n) is 6.90. The minimum absolute atomic E-state index is 0.0639. The largest absolute Gasteiger partial charge is 0.375 e. The molecular weight excluding hydrogens is 367 g/mol. The van der Waals surface area contributed by atoms with Crippen molar-refractivity contribution in [2.45, 2.75) is 46.1 Å². The van der Waals surface area contributed by atoms with Crippen molar-refractivity contribution >= 4 is 23.2 Å². The summed E-state index contributed by atoms with van der Waals surface area (Å²) in [5, 5.41) is 3.91. The molecule has 0 aromatic heterocycles. The SMILES string of the molecule is CCC(=O)Nc1ccc(Cl)cc1[C@@H](c1cccc2c1ON(F)C2)C(C)CC. The molecule has 2 aromatic carbocycles. The minimum atomic E-state index is -0.0951. The lowest BCUT2D eigenvalue weighted by Gasteiger charge is -2.27. The Labute approximate surface area is 164 Å². The van der Waals surface area contributed by atoms with Gasteiger partial charge in [-0.2, -0.15) is 0 Å². The molecule has 0 saturated carbocycles. The van der Waals surface area contributed by atoms with Crippen molar-refractivity contribution in [1.29, 1.82) is 0 Å². The van der Waals surface area contributed by atoms with Gasteiger partial charge < -0.3 is 10.2 Å². The highest BCUT2D eigenvalue weighted by Crippen LogP contribution is 2.45. The van der Waals surface area contributed by atoms with Crippen molar-refractivity contribution in [3.63, 3.8) is 0 Å². The highest BCUT2D eigenvalue weighted by Gasteiger charge is 2.31.